The Hall–Kier alpha value is -0.710. The lowest BCUT2D eigenvalue weighted by molar-refractivity contribution is 0.200. The fourth-order valence-corrected chi connectivity index (χ4v) is 1.57. The van der Waals surface area contributed by atoms with Crippen molar-refractivity contribution in [2.45, 2.75) is 0 Å². The van der Waals surface area contributed by atoms with Crippen molar-refractivity contribution in [1.82, 2.24) is 5.32 Å². The molecule has 1 rings (SSSR count). The van der Waals surface area contributed by atoms with Crippen molar-refractivity contribution in [3.05, 3.63) is 40.1 Å². The van der Waals surface area contributed by atoms with Gasteiger partial charge in [-0.15, -0.1) is 0 Å². The van der Waals surface area contributed by atoms with E-state index in [-0.39, 0.29) is 5.82 Å². The monoisotopic (exact) mass is 287 g/mol. The molecule has 1 N–H and O–H groups in total. The standard InChI is InChI=1S/C12H15BrFNO/c1-16-8-7-15-6-2-3-10-4-5-12(14)11(13)9-10/h2-5,9,15H,6-8H2,1H3. The summed E-state index contributed by atoms with van der Waals surface area (Å²) in [6, 6.07) is 4.94. The second-order valence-corrected chi connectivity index (χ2v) is 4.13. The summed E-state index contributed by atoms with van der Waals surface area (Å²) >= 11 is 3.15. The number of benzene rings is 1. The number of hydrogen-bond donors (Lipinski definition) is 1. The van der Waals surface area contributed by atoms with Gasteiger partial charge in [-0.25, -0.2) is 4.39 Å². The molecular formula is C12H15BrFNO. The fourth-order valence-electron chi connectivity index (χ4n) is 1.17. The first-order valence-corrected chi connectivity index (χ1v) is 5.84. The van der Waals surface area contributed by atoms with Crippen LogP contribution in [0.1, 0.15) is 5.56 Å². The second kappa shape index (κ2) is 7.54. The van der Waals surface area contributed by atoms with Crippen LogP contribution in [0.2, 0.25) is 0 Å². The second-order valence-electron chi connectivity index (χ2n) is 3.27. The van der Waals surface area contributed by atoms with Gasteiger partial charge in [-0.05, 0) is 33.6 Å². The summed E-state index contributed by atoms with van der Waals surface area (Å²) in [5, 5.41) is 3.18. The van der Waals surface area contributed by atoms with E-state index in [1.54, 1.807) is 19.2 Å². The molecule has 4 heteroatoms. The quantitative estimate of drug-likeness (QED) is 0.813. The normalized spacial score (nSPS) is 11.2. The van der Waals surface area contributed by atoms with Gasteiger partial charge in [0.2, 0.25) is 0 Å². The van der Waals surface area contributed by atoms with E-state index >= 15 is 0 Å². The van der Waals surface area contributed by atoms with E-state index in [0.717, 1.165) is 18.7 Å². The van der Waals surface area contributed by atoms with Gasteiger partial charge < -0.3 is 10.1 Å². The molecule has 0 fully saturated rings. The Labute approximate surface area is 104 Å². The Bertz CT molecular complexity index is 355. The zero-order valence-electron chi connectivity index (χ0n) is 9.17. The van der Waals surface area contributed by atoms with Crippen molar-refractivity contribution in [2.24, 2.45) is 0 Å². The summed E-state index contributed by atoms with van der Waals surface area (Å²) in [6.07, 6.45) is 3.94. The van der Waals surface area contributed by atoms with Crippen molar-refractivity contribution in [1.29, 1.82) is 0 Å². The molecule has 0 atom stereocenters. The lowest BCUT2D eigenvalue weighted by Crippen LogP contribution is -2.18. The highest BCUT2D eigenvalue weighted by Crippen LogP contribution is 2.17. The Balaban J connectivity index is 2.35. The minimum atomic E-state index is -0.240. The minimum absolute atomic E-state index is 0.240. The summed E-state index contributed by atoms with van der Waals surface area (Å²) in [6.45, 7) is 2.31. The smallest absolute Gasteiger partial charge is 0.137 e. The van der Waals surface area contributed by atoms with E-state index in [1.807, 2.05) is 12.2 Å². The summed E-state index contributed by atoms with van der Waals surface area (Å²) in [4.78, 5) is 0. The molecule has 0 radical (unpaired) electrons. The summed E-state index contributed by atoms with van der Waals surface area (Å²) in [5.41, 5.74) is 0.974. The molecule has 88 valence electrons. The topological polar surface area (TPSA) is 21.3 Å². The van der Waals surface area contributed by atoms with Gasteiger partial charge in [-0.2, -0.15) is 0 Å². The molecule has 1 aromatic rings. The van der Waals surface area contributed by atoms with Crippen LogP contribution in [-0.2, 0) is 4.74 Å². The summed E-state index contributed by atoms with van der Waals surface area (Å²) in [5.74, 6) is -0.240. The van der Waals surface area contributed by atoms with E-state index in [1.165, 1.54) is 6.07 Å². The largest absolute Gasteiger partial charge is 0.383 e. The van der Waals surface area contributed by atoms with Gasteiger partial charge in [0, 0.05) is 20.2 Å². The van der Waals surface area contributed by atoms with Crippen LogP contribution in [0.5, 0.6) is 0 Å². The average molecular weight is 288 g/mol. The summed E-state index contributed by atoms with van der Waals surface area (Å²) in [7, 11) is 1.67. The van der Waals surface area contributed by atoms with Crippen molar-refractivity contribution in [3.8, 4) is 0 Å². The van der Waals surface area contributed by atoms with Crippen LogP contribution < -0.4 is 5.32 Å². The fraction of sp³-hybridized carbons (Fsp3) is 0.333. The number of hydrogen-bond acceptors (Lipinski definition) is 2. The molecule has 0 aliphatic carbocycles. The number of halogens is 2. The SMILES string of the molecule is COCCNCC=Cc1ccc(F)c(Br)c1. The van der Waals surface area contributed by atoms with Crippen LogP contribution in [-0.4, -0.2) is 26.8 Å². The molecule has 16 heavy (non-hydrogen) atoms. The third-order valence-electron chi connectivity index (χ3n) is 2.00. The van der Waals surface area contributed by atoms with Gasteiger partial charge in [0.1, 0.15) is 5.82 Å². The van der Waals surface area contributed by atoms with E-state index in [0.29, 0.717) is 11.1 Å². The number of methoxy groups -OCH3 is 1. The lowest BCUT2D eigenvalue weighted by Gasteiger charge is -1.99. The molecule has 1 aromatic carbocycles. The maximum atomic E-state index is 12.9. The highest BCUT2D eigenvalue weighted by molar-refractivity contribution is 9.10. The molecule has 0 saturated carbocycles. The number of ether oxygens (including phenoxy) is 1. The molecule has 0 bridgehead atoms. The minimum Gasteiger partial charge on any atom is -0.383 e. The first-order valence-electron chi connectivity index (χ1n) is 5.05. The first kappa shape index (κ1) is 13.4. The van der Waals surface area contributed by atoms with E-state index in [2.05, 4.69) is 21.2 Å². The van der Waals surface area contributed by atoms with Gasteiger partial charge in [0.25, 0.3) is 0 Å². The van der Waals surface area contributed by atoms with E-state index < -0.39 is 0 Å². The summed E-state index contributed by atoms with van der Waals surface area (Å²) < 4.78 is 18.3. The van der Waals surface area contributed by atoms with E-state index in [9.17, 15) is 4.39 Å². The van der Waals surface area contributed by atoms with Crippen molar-refractivity contribution in [2.75, 3.05) is 26.8 Å². The number of rotatable bonds is 6. The molecule has 0 saturated heterocycles. The van der Waals surface area contributed by atoms with Crippen LogP contribution in [0.3, 0.4) is 0 Å². The molecule has 0 aliphatic rings. The maximum absolute atomic E-state index is 12.9. The van der Waals surface area contributed by atoms with Crippen LogP contribution in [0, 0.1) is 5.82 Å². The zero-order chi connectivity index (χ0) is 11.8. The van der Waals surface area contributed by atoms with Gasteiger partial charge in [0.15, 0.2) is 0 Å². The van der Waals surface area contributed by atoms with Gasteiger partial charge in [-0.1, -0.05) is 18.2 Å². The Kier molecular flexibility index (Phi) is 6.30. The maximum Gasteiger partial charge on any atom is 0.137 e. The van der Waals surface area contributed by atoms with E-state index in [4.69, 9.17) is 4.74 Å². The predicted octanol–water partition coefficient (Wildman–Crippen LogP) is 2.84. The van der Waals surface area contributed by atoms with Gasteiger partial charge in [-0.3, -0.25) is 0 Å². The average Bonchev–Trinajstić information content (AvgIpc) is 2.28. The van der Waals surface area contributed by atoms with Gasteiger partial charge in [0.05, 0.1) is 11.1 Å². The zero-order valence-corrected chi connectivity index (χ0v) is 10.8. The molecule has 0 amide bonds. The highest BCUT2D eigenvalue weighted by Gasteiger charge is 1.97. The Morgan fingerprint density at radius 3 is 3.00 bits per heavy atom. The molecule has 0 aliphatic heterocycles. The molecular weight excluding hydrogens is 273 g/mol. The molecule has 0 aromatic heterocycles. The first-order chi connectivity index (χ1) is 7.74. The van der Waals surface area contributed by atoms with Crippen LogP contribution in [0.25, 0.3) is 6.08 Å². The van der Waals surface area contributed by atoms with Crippen molar-refractivity contribution >= 4 is 22.0 Å². The van der Waals surface area contributed by atoms with Crippen molar-refractivity contribution < 1.29 is 9.13 Å². The van der Waals surface area contributed by atoms with Crippen LogP contribution in [0.4, 0.5) is 4.39 Å². The Morgan fingerprint density at radius 2 is 2.31 bits per heavy atom. The molecule has 0 spiro atoms. The van der Waals surface area contributed by atoms with Gasteiger partial charge >= 0.3 is 0 Å². The van der Waals surface area contributed by atoms with Crippen molar-refractivity contribution in [3.63, 3.8) is 0 Å². The lowest BCUT2D eigenvalue weighted by atomic mass is 10.2. The van der Waals surface area contributed by atoms with Crippen LogP contribution >= 0.6 is 15.9 Å². The number of nitrogens with one attached hydrogen (secondary N) is 1. The molecule has 0 unspecified atom stereocenters. The van der Waals surface area contributed by atoms with Crippen LogP contribution in [0.15, 0.2) is 28.7 Å². The third kappa shape index (κ3) is 4.88. The highest BCUT2D eigenvalue weighted by atomic mass is 79.9. The molecule has 2 nitrogen and oxygen atoms in total. The third-order valence-corrected chi connectivity index (χ3v) is 2.61. The predicted molar refractivity (Wildman–Crippen MR) is 67.9 cm³/mol. The molecule has 0 heterocycles. The Morgan fingerprint density at radius 1 is 1.50 bits per heavy atom.